The summed E-state index contributed by atoms with van der Waals surface area (Å²) < 4.78 is 1.28. The molecule has 1 aliphatic rings. The molecule has 0 radical (unpaired) electrons. The third-order valence-electron chi connectivity index (χ3n) is 5.73. The van der Waals surface area contributed by atoms with Gasteiger partial charge in [-0.1, -0.05) is 54.7 Å². The van der Waals surface area contributed by atoms with E-state index in [1.54, 1.807) is 11.3 Å². The summed E-state index contributed by atoms with van der Waals surface area (Å²) in [4.78, 5) is 21.7. The number of hydrogen-bond donors (Lipinski definition) is 1. The van der Waals surface area contributed by atoms with Gasteiger partial charge in [0.1, 0.15) is 0 Å². The zero-order chi connectivity index (χ0) is 20.8. The monoisotopic (exact) mass is 422 g/mol. The second-order valence-corrected chi connectivity index (χ2v) is 8.83. The van der Waals surface area contributed by atoms with Gasteiger partial charge in [-0.15, -0.1) is 0 Å². The molecule has 1 aliphatic heterocycles. The molecule has 1 N–H and O–H groups in total. The summed E-state index contributed by atoms with van der Waals surface area (Å²) in [6, 6.07) is 16.8. The third kappa shape index (κ3) is 5.37. The van der Waals surface area contributed by atoms with Crippen LogP contribution in [0.4, 0.5) is 5.13 Å². The van der Waals surface area contributed by atoms with E-state index in [2.05, 4.69) is 52.4 Å². The molecule has 5 nitrogen and oxygen atoms in total. The van der Waals surface area contributed by atoms with Crippen molar-refractivity contribution in [3.8, 4) is 0 Å². The molecule has 2 aromatic carbocycles. The number of aryl methyl sites for hydroxylation is 2. The van der Waals surface area contributed by atoms with E-state index in [1.807, 2.05) is 18.2 Å². The topological polar surface area (TPSA) is 48.5 Å². The number of fused-ring (bicyclic) bond motifs is 1. The summed E-state index contributed by atoms with van der Waals surface area (Å²) in [5.41, 5.74) is 3.69. The zero-order valence-corrected chi connectivity index (χ0v) is 18.5. The van der Waals surface area contributed by atoms with Crippen molar-refractivity contribution in [3.05, 3.63) is 59.7 Å². The Bertz CT molecular complexity index is 964. The van der Waals surface area contributed by atoms with Crippen LogP contribution in [0.2, 0.25) is 0 Å². The molecule has 0 unspecified atom stereocenters. The van der Waals surface area contributed by atoms with E-state index in [9.17, 15) is 4.79 Å². The maximum absolute atomic E-state index is 12.1. The molecule has 1 aromatic heterocycles. The number of piperazine rings is 1. The molecular formula is C24H30N4OS. The molecule has 3 aromatic rings. The Kier molecular flexibility index (Phi) is 6.97. The Balaban J connectivity index is 1.18. The van der Waals surface area contributed by atoms with Gasteiger partial charge in [-0.05, 0) is 36.1 Å². The third-order valence-corrected chi connectivity index (χ3v) is 6.81. The van der Waals surface area contributed by atoms with Crippen LogP contribution in [-0.2, 0) is 17.6 Å². The molecular weight excluding hydrogens is 392 g/mol. The molecule has 6 heteroatoms. The zero-order valence-electron chi connectivity index (χ0n) is 17.6. The van der Waals surface area contributed by atoms with Crippen LogP contribution < -0.4 is 10.2 Å². The second-order valence-electron chi connectivity index (χ2n) is 7.82. The summed E-state index contributed by atoms with van der Waals surface area (Å²) in [5.74, 6) is 0.137. The van der Waals surface area contributed by atoms with Gasteiger partial charge in [0.25, 0.3) is 0 Å². The van der Waals surface area contributed by atoms with Crippen LogP contribution in [0.5, 0.6) is 0 Å². The van der Waals surface area contributed by atoms with Crippen molar-refractivity contribution in [1.82, 2.24) is 15.2 Å². The molecule has 1 fully saturated rings. The maximum Gasteiger partial charge on any atom is 0.220 e. The summed E-state index contributed by atoms with van der Waals surface area (Å²) >= 11 is 1.80. The number of nitrogens with one attached hydrogen (secondary N) is 1. The summed E-state index contributed by atoms with van der Waals surface area (Å²) in [7, 11) is 0. The van der Waals surface area contributed by atoms with Crippen molar-refractivity contribution in [2.45, 2.75) is 26.2 Å². The minimum Gasteiger partial charge on any atom is -0.355 e. The van der Waals surface area contributed by atoms with Crippen LogP contribution in [0.15, 0.2) is 48.5 Å². The van der Waals surface area contributed by atoms with Gasteiger partial charge in [0.05, 0.1) is 10.2 Å². The van der Waals surface area contributed by atoms with Crippen molar-refractivity contribution in [1.29, 1.82) is 0 Å². The first-order valence-electron chi connectivity index (χ1n) is 10.9. The van der Waals surface area contributed by atoms with E-state index < -0.39 is 0 Å². The Morgan fingerprint density at radius 3 is 2.63 bits per heavy atom. The van der Waals surface area contributed by atoms with Crippen molar-refractivity contribution in [3.63, 3.8) is 0 Å². The molecule has 1 amide bonds. The fraction of sp³-hybridized carbons (Fsp3) is 0.417. The number of amides is 1. The van der Waals surface area contributed by atoms with Crippen LogP contribution in [0.3, 0.4) is 0 Å². The van der Waals surface area contributed by atoms with Crippen LogP contribution in [0.1, 0.15) is 24.5 Å². The summed E-state index contributed by atoms with van der Waals surface area (Å²) in [6.07, 6.45) is 2.41. The Hall–Kier alpha value is -2.44. The molecule has 158 valence electrons. The minimum absolute atomic E-state index is 0.137. The number of nitrogens with zero attached hydrogens (tertiary/aromatic N) is 3. The molecule has 0 bridgehead atoms. The molecule has 0 aliphatic carbocycles. The quantitative estimate of drug-likeness (QED) is 0.601. The lowest BCUT2D eigenvalue weighted by Crippen LogP contribution is -2.48. The van der Waals surface area contributed by atoms with Crippen molar-refractivity contribution >= 4 is 32.6 Å². The van der Waals surface area contributed by atoms with Gasteiger partial charge < -0.3 is 10.2 Å². The summed E-state index contributed by atoms with van der Waals surface area (Å²) in [5, 5.41) is 4.20. The van der Waals surface area contributed by atoms with Crippen LogP contribution in [0.25, 0.3) is 10.2 Å². The first kappa shape index (κ1) is 20.8. The molecule has 0 spiro atoms. The minimum atomic E-state index is 0.137. The number of carbonyl (C=O) groups is 1. The van der Waals surface area contributed by atoms with E-state index in [0.29, 0.717) is 13.0 Å². The number of carbonyl (C=O) groups excluding carboxylic acids is 1. The van der Waals surface area contributed by atoms with Gasteiger partial charge in [-0.25, -0.2) is 4.98 Å². The summed E-state index contributed by atoms with van der Waals surface area (Å²) in [6.45, 7) is 7.81. The van der Waals surface area contributed by atoms with E-state index in [4.69, 9.17) is 4.98 Å². The SMILES string of the molecule is CCc1ccc2nc(N3CCN(CCNC(=O)CCc4ccccc4)CC3)sc2c1. The Morgan fingerprint density at radius 1 is 1.07 bits per heavy atom. The fourth-order valence-corrected chi connectivity index (χ4v) is 4.90. The van der Waals surface area contributed by atoms with E-state index in [0.717, 1.165) is 56.2 Å². The van der Waals surface area contributed by atoms with Crippen molar-refractivity contribution in [2.24, 2.45) is 0 Å². The number of aromatic nitrogens is 1. The molecule has 4 rings (SSSR count). The lowest BCUT2D eigenvalue weighted by atomic mass is 10.1. The highest BCUT2D eigenvalue weighted by atomic mass is 32.1. The average molecular weight is 423 g/mol. The van der Waals surface area contributed by atoms with Gasteiger partial charge in [0, 0.05) is 45.7 Å². The number of hydrogen-bond acceptors (Lipinski definition) is 5. The Morgan fingerprint density at radius 2 is 1.87 bits per heavy atom. The largest absolute Gasteiger partial charge is 0.355 e. The molecule has 0 atom stereocenters. The first-order valence-corrected chi connectivity index (χ1v) is 11.7. The van der Waals surface area contributed by atoms with Crippen LogP contribution >= 0.6 is 11.3 Å². The highest BCUT2D eigenvalue weighted by Crippen LogP contribution is 2.30. The van der Waals surface area contributed by atoms with E-state index in [1.165, 1.54) is 15.8 Å². The highest BCUT2D eigenvalue weighted by molar-refractivity contribution is 7.22. The first-order chi connectivity index (χ1) is 14.7. The predicted octanol–water partition coefficient (Wildman–Crippen LogP) is 3.73. The average Bonchev–Trinajstić information content (AvgIpc) is 3.22. The lowest BCUT2D eigenvalue weighted by Gasteiger charge is -2.34. The highest BCUT2D eigenvalue weighted by Gasteiger charge is 2.19. The number of benzene rings is 2. The van der Waals surface area contributed by atoms with Crippen molar-refractivity contribution in [2.75, 3.05) is 44.2 Å². The predicted molar refractivity (Wildman–Crippen MR) is 125 cm³/mol. The number of anilines is 1. The van der Waals surface area contributed by atoms with Gasteiger partial charge in [0.2, 0.25) is 5.91 Å². The number of rotatable bonds is 8. The van der Waals surface area contributed by atoms with Crippen LogP contribution in [-0.4, -0.2) is 55.1 Å². The van der Waals surface area contributed by atoms with Gasteiger partial charge in [-0.3, -0.25) is 9.69 Å². The molecule has 0 saturated carbocycles. The van der Waals surface area contributed by atoms with Gasteiger partial charge in [-0.2, -0.15) is 0 Å². The Labute approximate surface area is 182 Å². The maximum atomic E-state index is 12.1. The van der Waals surface area contributed by atoms with Gasteiger partial charge in [0.15, 0.2) is 5.13 Å². The molecule has 1 saturated heterocycles. The van der Waals surface area contributed by atoms with Gasteiger partial charge >= 0.3 is 0 Å². The van der Waals surface area contributed by atoms with E-state index >= 15 is 0 Å². The molecule has 2 heterocycles. The van der Waals surface area contributed by atoms with Crippen LogP contribution in [0, 0.1) is 0 Å². The second kappa shape index (κ2) is 10.0. The molecule has 30 heavy (non-hydrogen) atoms. The lowest BCUT2D eigenvalue weighted by molar-refractivity contribution is -0.121. The standard InChI is InChI=1S/C24H30N4OS/c1-2-19-8-10-21-22(18-19)30-24(26-21)28-16-14-27(15-17-28)13-12-25-23(29)11-9-20-6-4-3-5-7-20/h3-8,10,18H,2,9,11-17H2,1H3,(H,25,29). The fourth-order valence-electron chi connectivity index (χ4n) is 3.82. The van der Waals surface area contributed by atoms with Crippen molar-refractivity contribution < 1.29 is 4.79 Å². The van der Waals surface area contributed by atoms with E-state index in [-0.39, 0.29) is 5.91 Å². The normalized spacial score (nSPS) is 14.9. The smallest absolute Gasteiger partial charge is 0.220 e. The number of thiazole rings is 1.